The van der Waals surface area contributed by atoms with E-state index < -0.39 is 0 Å². The summed E-state index contributed by atoms with van der Waals surface area (Å²) in [7, 11) is 0. The molecule has 0 heterocycles. The molecule has 1 saturated carbocycles. The molecular weight excluding hydrogens is 148 g/mol. The predicted molar refractivity (Wildman–Crippen MR) is 53.0 cm³/mol. The van der Waals surface area contributed by atoms with Crippen molar-refractivity contribution >= 4 is 0 Å². The van der Waals surface area contributed by atoms with Crippen LogP contribution >= 0.6 is 0 Å². The van der Waals surface area contributed by atoms with E-state index in [1.807, 2.05) is 0 Å². The van der Waals surface area contributed by atoms with Crippen LogP contribution in [0.5, 0.6) is 0 Å². The summed E-state index contributed by atoms with van der Waals surface area (Å²) in [4.78, 5) is 0. The smallest absolute Gasteiger partial charge is 0.00450 e. The van der Waals surface area contributed by atoms with E-state index in [-0.39, 0.29) is 0 Å². The van der Waals surface area contributed by atoms with E-state index in [1.54, 1.807) is 0 Å². The molecule has 12 heavy (non-hydrogen) atoms. The third kappa shape index (κ3) is 3.55. The first-order valence-corrected chi connectivity index (χ1v) is 4.94. The average molecular weight is 170 g/mol. The highest BCUT2D eigenvalue weighted by Crippen LogP contribution is 2.24. The van der Waals surface area contributed by atoms with E-state index in [1.165, 1.54) is 12.8 Å². The lowest BCUT2D eigenvalue weighted by Gasteiger charge is -2.33. The van der Waals surface area contributed by atoms with E-state index in [4.69, 9.17) is 5.73 Å². The monoisotopic (exact) mass is 170 g/mol. The van der Waals surface area contributed by atoms with Gasteiger partial charge in [0.15, 0.2) is 0 Å². The van der Waals surface area contributed by atoms with Gasteiger partial charge in [0.05, 0.1) is 0 Å². The number of rotatable bonds is 3. The first kappa shape index (κ1) is 10.0. The molecule has 0 bridgehead atoms. The Labute approximate surface area is 75.9 Å². The minimum absolute atomic E-state index is 0.409. The highest BCUT2D eigenvalue weighted by molar-refractivity contribution is 4.83. The standard InChI is InChI=1S/C10H22N2/c1-10(2,3)7-12-6-8-4-9(11)5-8/h8-9,12H,4-7,11H2,1-3H3. The lowest BCUT2D eigenvalue weighted by molar-refractivity contribution is 0.244. The Hall–Kier alpha value is -0.0800. The van der Waals surface area contributed by atoms with Gasteiger partial charge in [-0.15, -0.1) is 0 Å². The molecular formula is C10H22N2. The summed E-state index contributed by atoms with van der Waals surface area (Å²) >= 11 is 0. The van der Waals surface area contributed by atoms with Gasteiger partial charge in [-0.3, -0.25) is 0 Å². The van der Waals surface area contributed by atoms with Gasteiger partial charge in [0.25, 0.3) is 0 Å². The Kier molecular flexibility index (Phi) is 3.13. The molecule has 1 aliphatic carbocycles. The van der Waals surface area contributed by atoms with Gasteiger partial charge in [-0.1, -0.05) is 20.8 Å². The van der Waals surface area contributed by atoms with Crippen LogP contribution in [0, 0.1) is 11.3 Å². The molecule has 3 N–H and O–H groups in total. The maximum atomic E-state index is 5.70. The summed E-state index contributed by atoms with van der Waals surface area (Å²) in [5, 5.41) is 3.49. The number of hydrogen-bond acceptors (Lipinski definition) is 2. The number of hydrogen-bond donors (Lipinski definition) is 2. The lowest BCUT2D eigenvalue weighted by Crippen LogP contribution is -2.42. The zero-order valence-corrected chi connectivity index (χ0v) is 8.56. The van der Waals surface area contributed by atoms with Crippen LogP contribution in [0.1, 0.15) is 33.6 Å². The molecule has 1 rings (SSSR count). The van der Waals surface area contributed by atoms with Crippen molar-refractivity contribution in [1.82, 2.24) is 5.32 Å². The highest BCUT2D eigenvalue weighted by Gasteiger charge is 2.25. The first-order chi connectivity index (χ1) is 5.47. The van der Waals surface area contributed by atoms with Crippen molar-refractivity contribution in [3.63, 3.8) is 0 Å². The molecule has 0 atom stereocenters. The van der Waals surface area contributed by atoms with Crippen LogP contribution in [0.4, 0.5) is 0 Å². The number of nitrogens with one attached hydrogen (secondary N) is 1. The highest BCUT2D eigenvalue weighted by atomic mass is 14.9. The van der Waals surface area contributed by atoms with Crippen molar-refractivity contribution in [2.75, 3.05) is 13.1 Å². The molecule has 0 amide bonds. The summed E-state index contributed by atoms with van der Waals surface area (Å²) in [5.74, 6) is 0.849. The van der Waals surface area contributed by atoms with Gasteiger partial charge < -0.3 is 11.1 Å². The van der Waals surface area contributed by atoms with Gasteiger partial charge >= 0.3 is 0 Å². The van der Waals surface area contributed by atoms with Crippen LogP contribution < -0.4 is 11.1 Å². The van der Waals surface area contributed by atoms with E-state index in [0.29, 0.717) is 11.5 Å². The van der Waals surface area contributed by atoms with Gasteiger partial charge in [0, 0.05) is 6.04 Å². The summed E-state index contributed by atoms with van der Waals surface area (Å²) in [5.41, 5.74) is 6.11. The molecule has 0 aliphatic heterocycles. The fourth-order valence-electron chi connectivity index (χ4n) is 1.61. The van der Waals surface area contributed by atoms with Gasteiger partial charge in [0.2, 0.25) is 0 Å². The Morgan fingerprint density at radius 3 is 2.33 bits per heavy atom. The molecule has 2 nitrogen and oxygen atoms in total. The van der Waals surface area contributed by atoms with Crippen LogP contribution in [0.2, 0.25) is 0 Å². The third-order valence-electron chi connectivity index (χ3n) is 2.36. The molecule has 0 aromatic heterocycles. The second kappa shape index (κ2) is 3.75. The van der Waals surface area contributed by atoms with Gasteiger partial charge in [-0.25, -0.2) is 0 Å². The summed E-state index contributed by atoms with van der Waals surface area (Å²) in [6.07, 6.45) is 2.44. The Morgan fingerprint density at radius 1 is 1.33 bits per heavy atom. The van der Waals surface area contributed by atoms with E-state index in [0.717, 1.165) is 19.0 Å². The zero-order chi connectivity index (χ0) is 9.19. The van der Waals surface area contributed by atoms with Crippen molar-refractivity contribution in [1.29, 1.82) is 0 Å². The summed E-state index contributed by atoms with van der Waals surface area (Å²) in [6, 6.07) is 0.492. The normalized spacial score (nSPS) is 30.0. The second-order valence-corrected chi connectivity index (χ2v) is 5.29. The SMILES string of the molecule is CC(C)(C)CNCC1CC(N)C1. The first-order valence-electron chi connectivity index (χ1n) is 4.94. The van der Waals surface area contributed by atoms with E-state index in [2.05, 4.69) is 26.1 Å². The Bertz CT molecular complexity index is 131. The van der Waals surface area contributed by atoms with E-state index in [9.17, 15) is 0 Å². The third-order valence-corrected chi connectivity index (χ3v) is 2.36. The van der Waals surface area contributed by atoms with Crippen molar-refractivity contribution in [2.45, 2.75) is 39.7 Å². The minimum atomic E-state index is 0.409. The van der Waals surface area contributed by atoms with Crippen molar-refractivity contribution in [2.24, 2.45) is 17.1 Å². The minimum Gasteiger partial charge on any atom is -0.328 e. The molecule has 2 heteroatoms. The van der Waals surface area contributed by atoms with Crippen molar-refractivity contribution in [3.05, 3.63) is 0 Å². The Morgan fingerprint density at radius 2 is 1.92 bits per heavy atom. The fraction of sp³-hybridized carbons (Fsp3) is 1.00. The molecule has 0 aromatic rings. The maximum absolute atomic E-state index is 5.70. The second-order valence-electron chi connectivity index (χ2n) is 5.29. The van der Waals surface area contributed by atoms with Gasteiger partial charge in [0.1, 0.15) is 0 Å². The largest absolute Gasteiger partial charge is 0.328 e. The molecule has 0 unspecified atom stereocenters. The Balaban J connectivity index is 1.97. The van der Waals surface area contributed by atoms with Crippen LogP contribution in [0.3, 0.4) is 0 Å². The van der Waals surface area contributed by atoms with Gasteiger partial charge in [-0.2, -0.15) is 0 Å². The van der Waals surface area contributed by atoms with E-state index >= 15 is 0 Å². The van der Waals surface area contributed by atoms with Crippen LogP contribution in [0.25, 0.3) is 0 Å². The molecule has 0 saturated heterocycles. The molecule has 0 radical (unpaired) electrons. The zero-order valence-electron chi connectivity index (χ0n) is 8.56. The summed E-state index contributed by atoms with van der Waals surface area (Å²) in [6.45, 7) is 9.04. The predicted octanol–water partition coefficient (Wildman–Crippen LogP) is 1.36. The maximum Gasteiger partial charge on any atom is 0.00450 e. The quantitative estimate of drug-likeness (QED) is 0.671. The average Bonchev–Trinajstić information content (AvgIpc) is 1.81. The van der Waals surface area contributed by atoms with Crippen molar-refractivity contribution < 1.29 is 0 Å². The molecule has 1 fully saturated rings. The van der Waals surface area contributed by atoms with Crippen LogP contribution in [-0.2, 0) is 0 Å². The van der Waals surface area contributed by atoms with Crippen LogP contribution in [-0.4, -0.2) is 19.1 Å². The summed E-state index contributed by atoms with van der Waals surface area (Å²) < 4.78 is 0. The van der Waals surface area contributed by atoms with Gasteiger partial charge in [-0.05, 0) is 37.3 Å². The molecule has 72 valence electrons. The molecule has 0 aromatic carbocycles. The molecule has 1 aliphatic rings. The van der Waals surface area contributed by atoms with Crippen molar-refractivity contribution in [3.8, 4) is 0 Å². The number of nitrogens with two attached hydrogens (primary N) is 1. The van der Waals surface area contributed by atoms with Crippen LogP contribution in [0.15, 0.2) is 0 Å². The fourth-order valence-corrected chi connectivity index (χ4v) is 1.61. The molecule has 0 spiro atoms. The topological polar surface area (TPSA) is 38.0 Å². The lowest BCUT2D eigenvalue weighted by atomic mass is 9.81.